The minimum Gasteiger partial charge on any atom is -0.207 e. The molecule has 1 aromatic carbocycles. The first-order valence-electron chi connectivity index (χ1n) is 5.25. The standard InChI is InChI=1S/C11H15NO2S2/c1-10-3-2-4-11(9-10)16(13,14)12-5-7-15-8-6-12/h2-4,9H,5-8H2,1H3. The number of hydrogen-bond acceptors (Lipinski definition) is 3. The number of aryl methyl sites for hydroxylation is 1. The van der Waals surface area contributed by atoms with Gasteiger partial charge in [-0.2, -0.15) is 16.1 Å². The van der Waals surface area contributed by atoms with E-state index in [0.29, 0.717) is 18.0 Å². The molecule has 1 aromatic rings. The highest BCUT2D eigenvalue weighted by atomic mass is 32.2. The second-order valence-electron chi connectivity index (χ2n) is 3.83. The molecular formula is C11H15NO2S2. The molecule has 1 aliphatic heterocycles. The van der Waals surface area contributed by atoms with Crippen LogP contribution in [0.4, 0.5) is 0 Å². The van der Waals surface area contributed by atoms with Gasteiger partial charge in [0.2, 0.25) is 10.0 Å². The van der Waals surface area contributed by atoms with E-state index in [1.54, 1.807) is 34.3 Å². The SMILES string of the molecule is Cc1cccc(S(=O)(=O)N2CCSCC2)c1. The summed E-state index contributed by atoms with van der Waals surface area (Å²) in [7, 11) is -3.26. The molecule has 0 radical (unpaired) electrons. The van der Waals surface area contributed by atoms with E-state index in [-0.39, 0.29) is 0 Å². The molecule has 1 heterocycles. The molecule has 0 atom stereocenters. The van der Waals surface area contributed by atoms with Gasteiger partial charge < -0.3 is 0 Å². The molecule has 0 N–H and O–H groups in total. The monoisotopic (exact) mass is 257 g/mol. The third-order valence-electron chi connectivity index (χ3n) is 2.60. The fraction of sp³-hybridized carbons (Fsp3) is 0.455. The Morgan fingerprint density at radius 2 is 1.94 bits per heavy atom. The summed E-state index contributed by atoms with van der Waals surface area (Å²) in [5.74, 6) is 1.79. The number of sulfonamides is 1. The highest BCUT2D eigenvalue weighted by molar-refractivity contribution is 7.99. The molecule has 1 saturated heterocycles. The predicted octanol–water partition coefficient (Wildman–Crippen LogP) is 1.73. The molecule has 88 valence electrons. The Labute approximate surface area is 101 Å². The minimum absolute atomic E-state index is 0.416. The van der Waals surface area contributed by atoms with E-state index >= 15 is 0 Å². The van der Waals surface area contributed by atoms with Crippen LogP contribution in [0.2, 0.25) is 0 Å². The molecule has 2 rings (SSSR count). The highest BCUT2D eigenvalue weighted by Crippen LogP contribution is 2.20. The van der Waals surface area contributed by atoms with Crippen molar-refractivity contribution in [3.8, 4) is 0 Å². The first kappa shape index (κ1) is 12.0. The van der Waals surface area contributed by atoms with Gasteiger partial charge in [0.25, 0.3) is 0 Å². The summed E-state index contributed by atoms with van der Waals surface area (Å²) >= 11 is 1.81. The van der Waals surface area contributed by atoms with Crippen molar-refractivity contribution in [3.05, 3.63) is 29.8 Å². The molecule has 16 heavy (non-hydrogen) atoms. The zero-order valence-corrected chi connectivity index (χ0v) is 10.9. The van der Waals surface area contributed by atoms with Crippen LogP contribution < -0.4 is 0 Å². The van der Waals surface area contributed by atoms with E-state index in [9.17, 15) is 8.42 Å². The number of thioether (sulfide) groups is 1. The van der Waals surface area contributed by atoms with Crippen LogP contribution in [0.5, 0.6) is 0 Å². The smallest absolute Gasteiger partial charge is 0.207 e. The average molecular weight is 257 g/mol. The van der Waals surface area contributed by atoms with Crippen molar-refractivity contribution in [1.29, 1.82) is 0 Å². The Bertz CT molecular complexity index is 465. The van der Waals surface area contributed by atoms with E-state index in [1.165, 1.54) is 0 Å². The van der Waals surface area contributed by atoms with Crippen LogP contribution in [-0.2, 0) is 10.0 Å². The Morgan fingerprint density at radius 1 is 1.25 bits per heavy atom. The normalized spacial score (nSPS) is 18.6. The van der Waals surface area contributed by atoms with E-state index in [1.807, 2.05) is 13.0 Å². The van der Waals surface area contributed by atoms with Gasteiger partial charge >= 0.3 is 0 Å². The van der Waals surface area contributed by atoms with Gasteiger partial charge in [-0.25, -0.2) is 8.42 Å². The van der Waals surface area contributed by atoms with Crippen LogP contribution in [0.25, 0.3) is 0 Å². The molecule has 3 nitrogen and oxygen atoms in total. The van der Waals surface area contributed by atoms with Crippen LogP contribution in [-0.4, -0.2) is 37.3 Å². The predicted molar refractivity (Wildman–Crippen MR) is 67.3 cm³/mol. The summed E-state index contributed by atoms with van der Waals surface area (Å²) in [5.41, 5.74) is 0.979. The topological polar surface area (TPSA) is 37.4 Å². The number of nitrogens with zero attached hydrogens (tertiary/aromatic N) is 1. The first-order valence-corrected chi connectivity index (χ1v) is 7.85. The molecule has 1 aliphatic rings. The van der Waals surface area contributed by atoms with Crippen molar-refractivity contribution >= 4 is 21.8 Å². The Balaban J connectivity index is 2.30. The van der Waals surface area contributed by atoms with Crippen LogP contribution in [0, 0.1) is 6.92 Å². The van der Waals surface area contributed by atoms with Crippen molar-refractivity contribution in [2.24, 2.45) is 0 Å². The van der Waals surface area contributed by atoms with Crippen LogP contribution in [0.1, 0.15) is 5.56 Å². The number of benzene rings is 1. The van der Waals surface area contributed by atoms with E-state index < -0.39 is 10.0 Å². The average Bonchev–Trinajstić information content (AvgIpc) is 2.30. The summed E-state index contributed by atoms with van der Waals surface area (Å²) in [6, 6.07) is 7.10. The lowest BCUT2D eigenvalue weighted by Gasteiger charge is -2.25. The molecule has 0 spiro atoms. The molecule has 0 saturated carbocycles. The minimum atomic E-state index is -3.26. The van der Waals surface area contributed by atoms with Crippen molar-refractivity contribution in [2.45, 2.75) is 11.8 Å². The maximum Gasteiger partial charge on any atom is 0.243 e. The Hall–Kier alpha value is -0.520. The molecule has 0 unspecified atom stereocenters. The maximum atomic E-state index is 12.3. The first-order chi connectivity index (χ1) is 7.60. The molecule has 0 amide bonds. The van der Waals surface area contributed by atoms with Gasteiger partial charge in [-0.05, 0) is 24.6 Å². The molecule has 0 aliphatic carbocycles. The molecule has 0 bridgehead atoms. The fourth-order valence-corrected chi connectivity index (χ4v) is 4.39. The van der Waals surface area contributed by atoms with Gasteiger partial charge in [0.15, 0.2) is 0 Å². The van der Waals surface area contributed by atoms with E-state index in [0.717, 1.165) is 17.1 Å². The van der Waals surface area contributed by atoms with Crippen molar-refractivity contribution in [3.63, 3.8) is 0 Å². The molecule has 5 heteroatoms. The zero-order chi connectivity index (χ0) is 11.6. The Morgan fingerprint density at radius 3 is 2.56 bits per heavy atom. The summed E-state index contributed by atoms with van der Waals surface area (Å²) in [6.07, 6.45) is 0. The van der Waals surface area contributed by atoms with Gasteiger partial charge in [0, 0.05) is 24.6 Å². The third kappa shape index (κ3) is 2.42. The lowest BCUT2D eigenvalue weighted by Crippen LogP contribution is -2.37. The lowest BCUT2D eigenvalue weighted by molar-refractivity contribution is 0.443. The van der Waals surface area contributed by atoms with E-state index in [2.05, 4.69) is 0 Å². The van der Waals surface area contributed by atoms with E-state index in [4.69, 9.17) is 0 Å². The zero-order valence-electron chi connectivity index (χ0n) is 9.22. The highest BCUT2D eigenvalue weighted by Gasteiger charge is 2.25. The second-order valence-corrected chi connectivity index (χ2v) is 7.00. The fourth-order valence-electron chi connectivity index (χ4n) is 1.71. The van der Waals surface area contributed by atoms with Crippen molar-refractivity contribution < 1.29 is 8.42 Å². The largest absolute Gasteiger partial charge is 0.243 e. The number of hydrogen-bond donors (Lipinski definition) is 0. The van der Waals surface area contributed by atoms with Gasteiger partial charge in [-0.3, -0.25) is 0 Å². The van der Waals surface area contributed by atoms with Gasteiger partial charge in [0.1, 0.15) is 0 Å². The van der Waals surface area contributed by atoms with Gasteiger partial charge in [-0.15, -0.1) is 0 Å². The summed E-state index contributed by atoms with van der Waals surface area (Å²) in [6.45, 7) is 3.16. The van der Waals surface area contributed by atoms with Crippen molar-refractivity contribution in [1.82, 2.24) is 4.31 Å². The molecule has 0 aromatic heterocycles. The van der Waals surface area contributed by atoms with Crippen LogP contribution >= 0.6 is 11.8 Å². The molecule has 1 fully saturated rings. The number of rotatable bonds is 2. The van der Waals surface area contributed by atoms with Crippen LogP contribution in [0.15, 0.2) is 29.2 Å². The summed E-state index contributed by atoms with van der Waals surface area (Å²) in [4.78, 5) is 0.416. The Kier molecular flexibility index (Phi) is 3.56. The summed E-state index contributed by atoms with van der Waals surface area (Å²) in [5, 5.41) is 0. The maximum absolute atomic E-state index is 12.3. The second kappa shape index (κ2) is 4.77. The third-order valence-corrected chi connectivity index (χ3v) is 5.43. The van der Waals surface area contributed by atoms with Gasteiger partial charge in [-0.1, -0.05) is 12.1 Å². The van der Waals surface area contributed by atoms with Gasteiger partial charge in [0.05, 0.1) is 4.90 Å². The quantitative estimate of drug-likeness (QED) is 0.810. The van der Waals surface area contributed by atoms with Crippen LogP contribution in [0.3, 0.4) is 0 Å². The molecular weight excluding hydrogens is 242 g/mol. The lowest BCUT2D eigenvalue weighted by atomic mass is 10.2. The summed E-state index contributed by atoms with van der Waals surface area (Å²) < 4.78 is 26.1. The van der Waals surface area contributed by atoms with Crippen molar-refractivity contribution in [2.75, 3.05) is 24.6 Å².